The fourth-order valence-electron chi connectivity index (χ4n) is 1.63. The van der Waals surface area contributed by atoms with Gasteiger partial charge in [0.1, 0.15) is 12.4 Å². The molecule has 5 nitrogen and oxygen atoms in total. The van der Waals surface area contributed by atoms with Gasteiger partial charge >= 0.3 is 0 Å². The third-order valence-corrected chi connectivity index (χ3v) is 2.46. The van der Waals surface area contributed by atoms with Gasteiger partial charge in [0.25, 0.3) is 0 Å². The number of nitrogens with two attached hydrogens (primary N) is 1. The second-order valence-electron chi connectivity index (χ2n) is 4.02. The molecule has 1 aromatic carbocycles. The minimum absolute atomic E-state index is 0.444. The lowest BCUT2D eigenvalue weighted by Gasteiger charge is -2.10. The van der Waals surface area contributed by atoms with Crippen LogP contribution in [0, 0.1) is 5.41 Å². The standard InChI is InChI=1S/C14H20N2O2.2C2H6.CH3N/c1-3-5-11(9-16-2)10-18-13-7-4-6-12(8-13)14(15)17;3*1-2/h4,6-9,16H,3,5,10H2,1-2H3,(H2,15,17);2*1-2H3;2H,1H2/b11-9+;;;. The maximum atomic E-state index is 11.0. The first-order valence-corrected chi connectivity index (χ1v) is 8.40. The van der Waals surface area contributed by atoms with E-state index in [0.29, 0.717) is 17.9 Å². The Balaban J connectivity index is -0.000000659. The molecule has 5 heteroatoms. The second-order valence-corrected chi connectivity index (χ2v) is 4.02. The Hall–Kier alpha value is -2.30. The van der Waals surface area contributed by atoms with Crippen LogP contribution in [0.5, 0.6) is 5.75 Å². The lowest BCUT2D eigenvalue weighted by molar-refractivity contribution is 0.1000. The van der Waals surface area contributed by atoms with Gasteiger partial charge in [-0.05, 0) is 43.1 Å². The van der Waals surface area contributed by atoms with Crippen LogP contribution in [0.2, 0.25) is 0 Å². The van der Waals surface area contributed by atoms with Gasteiger partial charge in [-0.25, -0.2) is 0 Å². The van der Waals surface area contributed by atoms with Crippen molar-refractivity contribution in [2.75, 3.05) is 13.7 Å². The van der Waals surface area contributed by atoms with Crippen LogP contribution in [0.4, 0.5) is 0 Å². The Morgan fingerprint density at radius 1 is 1.29 bits per heavy atom. The van der Waals surface area contributed by atoms with Crippen LogP contribution >= 0.6 is 0 Å². The zero-order valence-corrected chi connectivity index (χ0v) is 16.1. The molecular weight excluding hydrogens is 302 g/mol. The van der Waals surface area contributed by atoms with Gasteiger partial charge in [-0.15, -0.1) is 0 Å². The zero-order chi connectivity index (χ0) is 19.4. The summed E-state index contributed by atoms with van der Waals surface area (Å²) in [5, 5.41) is 8.50. The molecule has 0 heterocycles. The average molecular weight is 338 g/mol. The molecule has 0 saturated heterocycles. The van der Waals surface area contributed by atoms with Gasteiger partial charge in [0, 0.05) is 12.6 Å². The minimum atomic E-state index is -0.444. The number of rotatable bonds is 7. The number of carbonyl (C=O) groups is 1. The lowest BCUT2D eigenvalue weighted by atomic mass is 10.2. The van der Waals surface area contributed by atoms with Gasteiger partial charge < -0.3 is 21.2 Å². The topological polar surface area (TPSA) is 88.2 Å². The molecule has 0 bridgehead atoms. The van der Waals surface area contributed by atoms with E-state index < -0.39 is 5.91 Å². The summed E-state index contributed by atoms with van der Waals surface area (Å²) in [7, 11) is 1.86. The molecule has 0 aliphatic carbocycles. The summed E-state index contributed by atoms with van der Waals surface area (Å²) >= 11 is 0. The number of carbonyl (C=O) groups excluding carboxylic acids is 1. The summed E-state index contributed by atoms with van der Waals surface area (Å²) in [6.07, 6.45) is 4.00. The monoisotopic (exact) mass is 337 g/mol. The van der Waals surface area contributed by atoms with Crippen LogP contribution in [0.1, 0.15) is 57.8 Å². The summed E-state index contributed by atoms with van der Waals surface area (Å²) < 4.78 is 5.65. The summed E-state index contributed by atoms with van der Waals surface area (Å²) in [4.78, 5) is 11.0. The molecule has 0 spiro atoms. The van der Waals surface area contributed by atoms with Crippen molar-refractivity contribution in [3.05, 3.63) is 41.6 Å². The predicted molar refractivity (Wildman–Crippen MR) is 105 cm³/mol. The summed E-state index contributed by atoms with van der Waals surface area (Å²) in [6.45, 7) is 13.1. The molecule has 4 N–H and O–H groups in total. The van der Waals surface area contributed by atoms with Crippen LogP contribution in [-0.4, -0.2) is 26.3 Å². The van der Waals surface area contributed by atoms with E-state index in [0.717, 1.165) is 12.8 Å². The van der Waals surface area contributed by atoms with Crippen molar-refractivity contribution in [1.29, 1.82) is 5.41 Å². The molecule has 0 saturated carbocycles. The lowest BCUT2D eigenvalue weighted by Crippen LogP contribution is -2.11. The van der Waals surface area contributed by atoms with E-state index in [1.54, 1.807) is 18.2 Å². The Morgan fingerprint density at radius 3 is 2.33 bits per heavy atom. The molecule has 0 fully saturated rings. The summed E-state index contributed by atoms with van der Waals surface area (Å²) in [5.41, 5.74) is 6.86. The van der Waals surface area contributed by atoms with E-state index in [1.165, 1.54) is 5.57 Å². The molecule has 24 heavy (non-hydrogen) atoms. The highest BCUT2D eigenvalue weighted by molar-refractivity contribution is 5.93. The molecule has 1 rings (SSSR count). The maximum absolute atomic E-state index is 11.0. The smallest absolute Gasteiger partial charge is 0.248 e. The number of amides is 1. The van der Waals surface area contributed by atoms with E-state index in [2.05, 4.69) is 19.0 Å². The summed E-state index contributed by atoms with van der Waals surface area (Å²) in [5.74, 6) is 0.212. The van der Waals surface area contributed by atoms with Crippen LogP contribution in [-0.2, 0) is 0 Å². The Morgan fingerprint density at radius 2 is 1.88 bits per heavy atom. The SMILES string of the molecule is C=N.CC.CC.CCC/C(=C\NC)COc1cccc(C(N)=O)c1. The van der Waals surface area contributed by atoms with Crippen molar-refractivity contribution in [3.8, 4) is 5.75 Å². The third kappa shape index (κ3) is 13.4. The fourth-order valence-corrected chi connectivity index (χ4v) is 1.63. The highest BCUT2D eigenvalue weighted by Crippen LogP contribution is 2.15. The van der Waals surface area contributed by atoms with Gasteiger partial charge in [-0.2, -0.15) is 0 Å². The molecule has 0 aromatic heterocycles. The number of hydrogen-bond donors (Lipinski definition) is 3. The van der Waals surface area contributed by atoms with Crippen LogP contribution in [0.15, 0.2) is 36.0 Å². The molecular formula is C19H35N3O2. The number of hydrogen-bond acceptors (Lipinski definition) is 4. The first-order valence-electron chi connectivity index (χ1n) is 8.40. The van der Waals surface area contributed by atoms with E-state index in [4.69, 9.17) is 15.9 Å². The number of ether oxygens (including phenoxy) is 1. The largest absolute Gasteiger partial charge is 0.489 e. The molecule has 0 aliphatic rings. The molecule has 1 amide bonds. The summed E-state index contributed by atoms with van der Waals surface area (Å²) in [6, 6.07) is 6.91. The van der Waals surface area contributed by atoms with Crippen molar-refractivity contribution < 1.29 is 9.53 Å². The highest BCUT2D eigenvalue weighted by Gasteiger charge is 2.03. The van der Waals surface area contributed by atoms with E-state index >= 15 is 0 Å². The first kappa shape index (κ1) is 26.6. The number of benzene rings is 1. The van der Waals surface area contributed by atoms with Gasteiger partial charge in [-0.1, -0.05) is 47.1 Å². The van der Waals surface area contributed by atoms with Crippen LogP contribution in [0.25, 0.3) is 0 Å². The fraction of sp³-hybridized carbons (Fsp3) is 0.474. The Bertz CT molecular complexity index is 446. The van der Waals surface area contributed by atoms with Crippen LogP contribution < -0.4 is 15.8 Å². The molecule has 0 aliphatic heterocycles. The highest BCUT2D eigenvalue weighted by atomic mass is 16.5. The average Bonchev–Trinajstić information content (AvgIpc) is 2.65. The molecule has 0 unspecified atom stereocenters. The van der Waals surface area contributed by atoms with E-state index in [-0.39, 0.29) is 0 Å². The van der Waals surface area contributed by atoms with Gasteiger partial charge in [0.2, 0.25) is 5.91 Å². The van der Waals surface area contributed by atoms with Crippen molar-refractivity contribution in [1.82, 2.24) is 5.32 Å². The number of nitrogens with one attached hydrogen (secondary N) is 2. The van der Waals surface area contributed by atoms with Gasteiger partial charge in [0.05, 0.1) is 0 Å². The van der Waals surface area contributed by atoms with Crippen molar-refractivity contribution in [2.24, 2.45) is 5.73 Å². The Labute approximate surface area is 147 Å². The maximum Gasteiger partial charge on any atom is 0.248 e. The molecule has 138 valence electrons. The van der Waals surface area contributed by atoms with Crippen molar-refractivity contribution in [2.45, 2.75) is 47.5 Å². The number of primary amides is 1. The predicted octanol–water partition coefficient (Wildman–Crippen LogP) is 4.39. The molecule has 0 radical (unpaired) electrons. The van der Waals surface area contributed by atoms with E-state index in [1.807, 2.05) is 47.0 Å². The first-order chi connectivity index (χ1) is 11.7. The normalized spacial score (nSPS) is 9.00. The Kier molecular flexibility index (Phi) is 22.9. The third-order valence-electron chi connectivity index (χ3n) is 2.46. The van der Waals surface area contributed by atoms with Crippen molar-refractivity contribution >= 4 is 12.6 Å². The molecule has 1 aromatic rings. The van der Waals surface area contributed by atoms with Crippen LogP contribution in [0.3, 0.4) is 0 Å². The second kappa shape index (κ2) is 20.7. The molecule has 0 atom stereocenters. The van der Waals surface area contributed by atoms with Crippen molar-refractivity contribution in [3.63, 3.8) is 0 Å². The van der Waals surface area contributed by atoms with Gasteiger partial charge in [-0.3, -0.25) is 4.79 Å². The van der Waals surface area contributed by atoms with Gasteiger partial charge in [0.15, 0.2) is 0 Å². The zero-order valence-electron chi connectivity index (χ0n) is 16.1. The van der Waals surface area contributed by atoms with E-state index in [9.17, 15) is 4.79 Å². The quantitative estimate of drug-likeness (QED) is 0.645. The minimum Gasteiger partial charge on any atom is -0.489 e.